The van der Waals surface area contributed by atoms with Crippen molar-refractivity contribution < 1.29 is 13.2 Å². The Hall–Kier alpha value is -1.99. The number of rotatable bonds is 3. The van der Waals surface area contributed by atoms with Gasteiger partial charge in [-0.25, -0.2) is 8.42 Å². The molecule has 1 aliphatic heterocycles. The first-order valence-corrected chi connectivity index (χ1v) is 11.1. The number of carbonyl (C=O) groups is 1. The van der Waals surface area contributed by atoms with Crippen LogP contribution >= 0.6 is 0 Å². The van der Waals surface area contributed by atoms with Crippen molar-refractivity contribution in [2.24, 2.45) is 5.92 Å². The molecule has 1 saturated heterocycles. The number of hydrogen-bond acceptors (Lipinski definition) is 4. The number of sulfonamides is 1. The zero-order chi connectivity index (χ0) is 18.9. The van der Waals surface area contributed by atoms with Crippen LogP contribution in [0.2, 0.25) is 0 Å². The van der Waals surface area contributed by atoms with Crippen molar-refractivity contribution in [3.63, 3.8) is 0 Å². The molecule has 0 N–H and O–H groups in total. The predicted octanol–water partition coefficient (Wildman–Crippen LogP) is 2.65. The van der Waals surface area contributed by atoms with E-state index in [-0.39, 0.29) is 11.8 Å². The number of benzene rings is 1. The van der Waals surface area contributed by atoms with Crippen molar-refractivity contribution in [1.82, 2.24) is 14.2 Å². The lowest BCUT2D eigenvalue weighted by atomic mass is 9.88. The van der Waals surface area contributed by atoms with Crippen LogP contribution in [0.25, 0.3) is 10.8 Å². The Kier molecular flexibility index (Phi) is 5.14. The number of piperazine rings is 1. The third kappa shape index (κ3) is 3.58. The van der Waals surface area contributed by atoms with Gasteiger partial charge in [0.1, 0.15) is 0 Å². The van der Waals surface area contributed by atoms with Gasteiger partial charge in [-0.3, -0.25) is 9.78 Å². The van der Waals surface area contributed by atoms with Crippen LogP contribution < -0.4 is 0 Å². The molecule has 2 aliphatic rings. The highest BCUT2D eigenvalue weighted by Gasteiger charge is 2.33. The van der Waals surface area contributed by atoms with E-state index in [1.807, 2.05) is 11.0 Å². The molecule has 1 aliphatic carbocycles. The van der Waals surface area contributed by atoms with Gasteiger partial charge in [0.2, 0.25) is 15.9 Å². The summed E-state index contributed by atoms with van der Waals surface area (Å²) in [6.45, 7) is 1.65. The smallest absolute Gasteiger partial charge is 0.243 e. The summed E-state index contributed by atoms with van der Waals surface area (Å²) in [7, 11) is -3.60. The summed E-state index contributed by atoms with van der Waals surface area (Å²) in [5.41, 5.74) is 0. The first-order chi connectivity index (χ1) is 13.1. The average molecular weight is 388 g/mol. The van der Waals surface area contributed by atoms with Crippen molar-refractivity contribution in [3.05, 3.63) is 36.7 Å². The summed E-state index contributed by atoms with van der Waals surface area (Å²) in [6.07, 6.45) is 8.71. The zero-order valence-corrected chi connectivity index (χ0v) is 16.2. The molecule has 2 fully saturated rings. The molecular weight excluding hydrogens is 362 g/mol. The maximum absolute atomic E-state index is 13.2. The number of hydrogen-bond donors (Lipinski definition) is 0. The molecule has 6 nitrogen and oxygen atoms in total. The number of pyridine rings is 1. The average Bonchev–Trinajstić information content (AvgIpc) is 2.73. The topological polar surface area (TPSA) is 70.6 Å². The minimum Gasteiger partial charge on any atom is -0.340 e. The molecule has 1 saturated carbocycles. The first kappa shape index (κ1) is 18.4. The van der Waals surface area contributed by atoms with E-state index in [2.05, 4.69) is 4.98 Å². The van der Waals surface area contributed by atoms with Crippen LogP contribution in [0.15, 0.2) is 41.6 Å². The Morgan fingerprint density at radius 2 is 1.74 bits per heavy atom. The lowest BCUT2D eigenvalue weighted by molar-refractivity contribution is -0.137. The Balaban J connectivity index is 1.49. The third-order valence-electron chi connectivity index (χ3n) is 5.76. The van der Waals surface area contributed by atoms with Gasteiger partial charge in [-0.1, -0.05) is 31.4 Å². The van der Waals surface area contributed by atoms with Gasteiger partial charge >= 0.3 is 0 Å². The number of fused-ring (bicyclic) bond motifs is 1. The normalized spacial score (nSPS) is 20.1. The largest absolute Gasteiger partial charge is 0.340 e. The van der Waals surface area contributed by atoms with Gasteiger partial charge in [0.15, 0.2) is 0 Å². The Bertz CT molecular complexity index is 925. The van der Waals surface area contributed by atoms with Gasteiger partial charge in [-0.2, -0.15) is 4.31 Å². The van der Waals surface area contributed by atoms with E-state index in [9.17, 15) is 13.2 Å². The van der Waals surface area contributed by atoms with Crippen molar-refractivity contribution in [2.75, 3.05) is 26.2 Å². The van der Waals surface area contributed by atoms with E-state index in [1.165, 1.54) is 10.7 Å². The van der Waals surface area contributed by atoms with E-state index in [4.69, 9.17) is 0 Å². The third-order valence-corrected chi connectivity index (χ3v) is 7.72. The SMILES string of the molecule is O=C(C1CCCCC1)N1CCN(S(=O)(=O)c2cccc3cnccc23)CC1. The van der Waals surface area contributed by atoms with Gasteiger partial charge in [0.05, 0.1) is 4.90 Å². The molecule has 0 radical (unpaired) electrons. The number of aromatic nitrogens is 1. The molecule has 27 heavy (non-hydrogen) atoms. The quantitative estimate of drug-likeness (QED) is 0.812. The predicted molar refractivity (Wildman–Crippen MR) is 104 cm³/mol. The van der Waals surface area contributed by atoms with Crippen molar-refractivity contribution in [2.45, 2.75) is 37.0 Å². The zero-order valence-electron chi connectivity index (χ0n) is 15.4. The monoisotopic (exact) mass is 387 g/mol. The van der Waals surface area contributed by atoms with Crippen LogP contribution in [0.5, 0.6) is 0 Å². The molecule has 0 spiro atoms. The summed E-state index contributed by atoms with van der Waals surface area (Å²) < 4.78 is 27.9. The highest BCUT2D eigenvalue weighted by Crippen LogP contribution is 2.28. The molecule has 0 bridgehead atoms. The van der Waals surface area contributed by atoms with Crippen molar-refractivity contribution >= 4 is 26.7 Å². The standard InChI is InChI=1S/C20H25N3O3S/c24-20(16-5-2-1-3-6-16)22-11-13-23(14-12-22)27(25,26)19-8-4-7-17-15-21-10-9-18(17)19/h4,7-10,15-16H,1-3,5-6,11-14H2. The van der Waals surface area contributed by atoms with E-state index in [0.717, 1.165) is 31.1 Å². The lowest BCUT2D eigenvalue weighted by Gasteiger charge is -2.36. The van der Waals surface area contributed by atoms with Crippen LogP contribution in [0.1, 0.15) is 32.1 Å². The molecule has 4 rings (SSSR count). The lowest BCUT2D eigenvalue weighted by Crippen LogP contribution is -2.52. The van der Waals surface area contributed by atoms with Gasteiger partial charge < -0.3 is 4.90 Å². The minimum absolute atomic E-state index is 0.132. The van der Waals surface area contributed by atoms with Crippen LogP contribution in [-0.4, -0.2) is 54.7 Å². The Labute approximate surface area is 160 Å². The van der Waals surface area contributed by atoms with Gasteiger partial charge in [0, 0.05) is 55.3 Å². The molecule has 1 aromatic heterocycles. The van der Waals surface area contributed by atoms with Crippen LogP contribution in [0.4, 0.5) is 0 Å². The second-order valence-electron chi connectivity index (χ2n) is 7.42. The summed E-state index contributed by atoms with van der Waals surface area (Å²) in [5, 5.41) is 1.50. The maximum Gasteiger partial charge on any atom is 0.243 e. The Morgan fingerprint density at radius 3 is 2.48 bits per heavy atom. The summed E-state index contributed by atoms with van der Waals surface area (Å²) in [4.78, 5) is 18.9. The molecule has 144 valence electrons. The van der Waals surface area contributed by atoms with Gasteiger partial charge in [-0.15, -0.1) is 0 Å². The minimum atomic E-state index is -3.60. The van der Waals surface area contributed by atoms with E-state index < -0.39 is 10.0 Å². The number of amides is 1. The molecule has 7 heteroatoms. The molecule has 2 heterocycles. The summed E-state index contributed by atoms with van der Waals surface area (Å²) in [6, 6.07) is 7.00. The summed E-state index contributed by atoms with van der Waals surface area (Å²) >= 11 is 0. The van der Waals surface area contributed by atoms with Crippen LogP contribution in [0, 0.1) is 5.92 Å². The molecular formula is C20H25N3O3S. The molecule has 2 aromatic rings. The highest BCUT2D eigenvalue weighted by atomic mass is 32.2. The first-order valence-electron chi connectivity index (χ1n) is 9.69. The highest BCUT2D eigenvalue weighted by molar-refractivity contribution is 7.89. The second-order valence-corrected chi connectivity index (χ2v) is 9.32. The van der Waals surface area contributed by atoms with Crippen molar-refractivity contribution in [1.29, 1.82) is 0 Å². The summed E-state index contributed by atoms with van der Waals surface area (Å²) in [5.74, 6) is 0.343. The maximum atomic E-state index is 13.2. The molecule has 1 amide bonds. The van der Waals surface area contributed by atoms with Crippen molar-refractivity contribution in [3.8, 4) is 0 Å². The van der Waals surface area contributed by atoms with E-state index in [1.54, 1.807) is 30.6 Å². The number of nitrogens with zero attached hydrogens (tertiary/aromatic N) is 3. The fraction of sp³-hybridized carbons (Fsp3) is 0.500. The Morgan fingerprint density at radius 1 is 1.00 bits per heavy atom. The number of carbonyl (C=O) groups excluding carboxylic acids is 1. The van der Waals surface area contributed by atoms with E-state index in [0.29, 0.717) is 36.5 Å². The van der Waals surface area contributed by atoms with Crippen LogP contribution in [0.3, 0.4) is 0 Å². The molecule has 0 atom stereocenters. The van der Waals surface area contributed by atoms with Gasteiger partial charge in [0.25, 0.3) is 0 Å². The van der Waals surface area contributed by atoms with Crippen LogP contribution in [-0.2, 0) is 14.8 Å². The second kappa shape index (κ2) is 7.56. The van der Waals surface area contributed by atoms with E-state index >= 15 is 0 Å². The fourth-order valence-corrected chi connectivity index (χ4v) is 5.85. The molecule has 1 aromatic carbocycles. The van der Waals surface area contributed by atoms with Gasteiger partial charge in [-0.05, 0) is 25.0 Å². The fourth-order valence-electron chi connectivity index (χ4n) is 4.21. The molecule has 0 unspecified atom stereocenters.